The smallest absolute Gasteiger partial charge is 0.287 e. The zero-order valence-electron chi connectivity index (χ0n) is 9.24. The molecule has 17 heavy (non-hydrogen) atoms. The van der Waals surface area contributed by atoms with E-state index in [1.165, 1.54) is 0 Å². The number of aliphatic hydroxyl groups is 1. The summed E-state index contributed by atoms with van der Waals surface area (Å²) >= 11 is 3.36. The summed E-state index contributed by atoms with van der Waals surface area (Å²) in [5.41, 5.74) is 0.648. The maximum absolute atomic E-state index is 11.8. The average Bonchev–Trinajstić information content (AvgIpc) is 2.74. The number of hydrogen-bond acceptors (Lipinski definition) is 3. The van der Waals surface area contributed by atoms with Crippen LogP contribution in [-0.2, 0) is 0 Å². The lowest BCUT2D eigenvalue weighted by Gasteiger charge is -2.08. The normalized spacial score (nSPS) is 12.6. The number of amides is 1. The predicted molar refractivity (Wildman–Crippen MR) is 67.9 cm³/mol. The van der Waals surface area contributed by atoms with Gasteiger partial charge in [0, 0.05) is 11.4 Å². The van der Waals surface area contributed by atoms with Crippen LogP contribution >= 0.6 is 15.9 Å². The molecule has 0 aliphatic rings. The van der Waals surface area contributed by atoms with Crippen molar-refractivity contribution in [3.63, 3.8) is 0 Å². The summed E-state index contributed by atoms with van der Waals surface area (Å²) in [6.07, 6.45) is 0. The van der Waals surface area contributed by atoms with Gasteiger partial charge in [0.2, 0.25) is 0 Å². The predicted octanol–water partition coefficient (Wildman–Crippen LogP) is 2.31. The van der Waals surface area contributed by atoms with Crippen LogP contribution in [0.4, 0.5) is 0 Å². The summed E-state index contributed by atoms with van der Waals surface area (Å²) in [6, 6.07) is 6.98. The van der Waals surface area contributed by atoms with Crippen LogP contribution in [0.3, 0.4) is 0 Å². The van der Waals surface area contributed by atoms with Crippen LogP contribution in [0.25, 0.3) is 11.0 Å². The van der Waals surface area contributed by atoms with E-state index in [0.717, 1.165) is 9.86 Å². The zero-order valence-corrected chi connectivity index (χ0v) is 10.8. The molecular formula is C12H12BrNO3. The number of aliphatic hydroxyl groups excluding tert-OH is 1. The standard InChI is InChI=1S/C12H12BrNO3/c1-7(6-15)14-12(16)10-5-8-3-2-4-9(13)11(8)17-10/h2-5,7,15H,6H2,1H3,(H,14,16)/t7-/m0/s1. The summed E-state index contributed by atoms with van der Waals surface area (Å²) in [5.74, 6) is -0.0816. The van der Waals surface area contributed by atoms with E-state index in [1.54, 1.807) is 13.0 Å². The minimum atomic E-state index is -0.324. The highest BCUT2D eigenvalue weighted by molar-refractivity contribution is 9.10. The Morgan fingerprint density at radius 1 is 1.59 bits per heavy atom. The molecule has 0 bridgehead atoms. The molecule has 5 heteroatoms. The lowest BCUT2D eigenvalue weighted by Crippen LogP contribution is -2.34. The number of carbonyl (C=O) groups excluding carboxylic acids is 1. The molecule has 2 aromatic rings. The minimum absolute atomic E-state index is 0.102. The van der Waals surface area contributed by atoms with Crippen LogP contribution in [0.15, 0.2) is 33.2 Å². The van der Waals surface area contributed by atoms with Gasteiger partial charge in [-0.05, 0) is 35.0 Å². The van der Waals surface area contributed by atoms with Crippen molar-refractivity contribution >= 4 is 32.8 Å². The molecule has 0 spiro atoms. The molecule has 0 saturated carbocycles. The van der Waals surface area contributed by atoms with E-state index in [9.17, 15) is 4.79 Å². The monoisotopic (exact) mass is 297 g/mol. The third-order valence-corrected chi connectivity index (χ3v) is 3.00. The molecule has 1 amide bonds. The van der Waals surface area contributed by atoms with Crippen molar-refractivity contribution in [3.8, 4) is 0 Å². The van der Waals surface area contributed by atoms with Crippen molar-refractivity contribution in [2.75, 3.05) is 6.61 Å². The van der Waals surface area contributed by atoms with Crippen LogP contribution in [0, 0.1) is 0 Å². The number of nitrogens with one attached hydrogen (secondary N) is 1. The lowest BCUT2D eigenvalue weighted by atomic mass is 10.2. The van der Waals surface area contributed by atoms with Crippen molar-refractivity contribution in [2.45, 2.75) is 13.0 Å². The first-order valence-corrected chi connectivity index (χ1v) is 6.01. The van der Waals surface area contributed by atoms with Gasteiger partial charge < -0.3 is 14.8 Å². The van der Waals surface area contributed by atoms with Gasteiger partial charge in [0.25, 0.3) is 5.91 Å². The molecule has 0 unspecified atom stereocenters. The molecule has 1 aromatic heterocycles. The maximum Gasteiger partial charge on any atom is 0.287 e. The van der Waals surface area contributed by atoms with Crippen LogP contribution in [0.5, 0.6) is 0 Å². The molecule has 2 rings (SSSR count). The second-order valence-electron chi connectivity index (χ2n) is 3.83. The number of halogens is 1. The maximum atomic E-state index is 11.8. The van der Waals surface area contributed by atoms with E-state index in [2.05, 4.69) is 21.2 Å². The Bertz CT molecular complexity index is 550. The fourth-order valence-electron chi connectivity index (χ4n) is 1.48. The molecule has 0 fully saturated rings. The number of para-hydroxylation sites is 1. The van der Waals surface area contributed by atoms with Crippen LogP contribution in [0.1, 0.15) is 17.5 Å². The molecule has 4 nitrogen and oxygen atoms in total. The Hall–Kier alpha value is -1.33. The molecule has 90 valence electrons. The zero-order chi connectivity index (χ0) is 12.4. The van der Waals surface area contributed by atoms with Gasteiger partial charge in [-0.15, -0.1) is 0 Å². The third kappa shape index (κ3) is 2.50. The minimum Gasteiger partial charge on any atom is -0.450 e. The van der Waals surface area contributed by atoms with Crippen molar-refractivity contribution < 1.29 is 14.3 Å². The van der Waals surface area contributed by atoms with Crippen molar-refractivity contribution in [1.82, 2.24) is 5.32 Å². The van der Waals surface area contributed by atoms with E-state index < -0.39 is 0 Å². The first-order valence-electron chi connectivity index (χ1n) is 5.21. The highest BCUT2D eigenvalue weighted by atomic mass is 79.9. The Labute approximate surface area is 107 Å². The molecular weight excluding hydrogens is 286 g/mol. The van der Waals surface area contributed by atoms with Crippen molar-refractivity contribution in [1.29, 1.82) is 0 Å². The first-order chi connectivity index (χ1) is 8.11. The topological polar surface area (TPSA) is 62.5 Å². The quantitative estimate of drug-likeness (QED) is 0.914. The van der Waals surface area contributed by atoms with Gasteiger partial charge in [0.1, 0.15) is 5.58 Å². The Morgan fingerprint density at radius 3 is 3.00 bits per heavy atom. The largest absolute Gasteiger partial charge is 0.450 e. The van der Waals surface area contributed by atoms with Gasteiger partial charge in [-0.3, -0.25) is 4.79 Å². The number of benzene rings is 1. The first kappa shape index (κ1) is 12.1. The molecule has 0 radical (unpaired) electrons. The highest BCUT2D eigenvalue weighted by Crippen LogP contribution is 2.26. The Kier molecular flexibility index (Phi) is 3.49. The molecule has 2 N–H and O–H groups in total. The van der Waals surface area contributed by atoms with Gasteiger partial charge in [-0.2, -0.15) is 0 Å². The SMILES string of the molecule is C[C@@H](CO)NC(=O)c1cc2cccc(Br)c2o1. The number of carbonyl (C=O) groups is 1. The fourth-order valence-corrected chi connectivity index (χ4v) is 1.94. The summed E-state index contributed by atoms with van der Waals surface area (Å²) < 4.78 is 6.27. The van der Waals surface area contributed by atoms with Crippen LogP contribution in [-0.4, -0.2) is 23.7 Å². The van der Waals surface area contributed by atoms with Crippen LogP contribution < -0.4 is 5.32 Å². The highest BCUT2D eigenvalue weighted by Gasteiger charge is 2.15. The van der Waals surface area contributed by atoms with E-state index in [4.69, 9.17) is 9.52 Å². The molecule has 0 aliphatic carbocycles. The van der Waals surface area contributed by atoms with Gasteiger partial charge >= 0.3 is 0 Å². The lowest BCUT2D eigenvalue weighted by molar-refractivity contribution is 0.0896. The van der Waals surface area contributed by atoms with Gasteiger partial charge in [-0.25, -0.2) is 0 Å². The van der Waals surface area contributed by atoms with E-state index in [1.807, 2.05) is 18.2 Å². The second-order valence-corrected chi connectivity index (χ2v) is 4.68. The Balaban J connectivity index is 2.30. The van der Waals surface area contributed by atoms with Crippen molar-refractivity contribution in [3.05, 3.63) is 34.5 Å². The van der Waals surface area contributed by atoms with Gasteiger partial charge in [0.05, 0.1) is 11.1 Å². The molecule has 1 aromatic carbocycles. The average molecular weight is 298 g/mol. The van der Waals surface area contributed by atoms with E-state index in [-0.39, 0.29) is 24.3 Å². The van der Waals surface area contributed by atoms with Crippen molar-refractivity contribution in [2.24, 2.45) is 0 Å². The summed E-state index contributed by atoms with van der Waals surface area (Å²) in [4.78, 5) is 11.8. The molecule has 0 aliphatic heterocycles. The number of furan rings is 1. The molecule has 1 heterocycles. The Morgan fingerprint density at radius 2 is 2.35 bits per heavy atom. The number of rotatable bonds is 3. The molecule has 1 atom stereocenters. The number of hydrogen-bond donors (Lipinski definition) is 2. The van der Waals surface area contributed by atoms with Gasteiger partial charge in [-0.1, -0.05) is 12.1 Å². The van der Waals surface area contributed by atoms with E-state index in [0.29, 0.717) is 5.58 Å². The van der Waals surface area contributed by atoms with Crippen LogP contribution in [0.2, 0.25) is 0 Å². The third-order valence-electron chi connectivity index (χ3n) is 2.37. The second kappa shape index (κ2) is 4.89. The fraction of sp³-hybridized carbons (Fsp3) is 0.250. The van der Waals surface area contributed by atoms with Gasteiger partial charge in [0.15, 0.2) is 5.76 Å². The summed E-state index contributed by atoms with van der Waals surface area (Å²) in [5, 5.41) is 12.4. The summed E-state index contributed by atoms with van der Waals surface area (Å²) in [7, 11) is 0. The summed E-state index contributed by atoms with van der Waals surface area (Å²) in [6.45, 7) is 1.62. The number of fused-ring (bicyclic) bond motifs is 1. The van der Waals surface area contributed by atoms with E-state index >= 15 is 0 Å². The molecule has 0 saturated heterocycles.